The molecule has 0 saturated carbocycles. The van der Waals surface area contributed by atoms with Gasteiger partial charge in [0, 0.05) is 11.6 Å². The minimum absolute atomic E-state index is 0.105. The molecule has 0 fully saturated rings. The lowest BCUT2D eigenvalue weighted by molar-refractivity contribution is -0.138. The van der Waals surface area contributed by atoms with Crippen LogP contribution in [0.2, 0.25) is 5.02 Å². The fraction of sp³-hybridized carbons (Fsp3) is 0.364. The summed E-state index contributed by atoms with van der Waals surface area (Å²) in [5.41, 5.74) is 1.07. The van der Waals surface area contributed by atoms with E-state index in [1.54, 1.807) is 24.9 Å². The van der Waals surface area contributed by atoms with Gasteiger partial charge in [0.2, 0.25) is 0 Å². The van der Waals surface area contributed by atoms with E-state index in [4.69, 9.17) is 16.7 Å². The molecule has 0 aromatic heterocycles. The van der Waals surface area contributed by atoms with Crippen LogP contribution in [0, 0.1) is 12.7 Å². The normalized spacial score (nSPS) is 10.8. The van der Waals surface area contributed by atoms with E-state index < -0.39 is 5.97 Å². The lowest BCUT2D eigenvalue weighted by Gasteiger charge is -2.15. The van der Waals surface area contributed by atoms with Crippen molar-refractivity contribution in [1.29, 1.82) is 0 Å². The first kappa shape index (κ1) is 12.9. The zero-order valence-electron chi connectivity index (χ0n) is 9.13. The largest absolute Gasteiger partial charge is 0.480 e. The zero-order valence-corrected chi connectivity index (χ0v) is 9.88. The molecule has 0 amide bonds. The predicted molar refractivity (Wildman–Crippen MR) is 60.1 cm³/mol. The topological polar surface area (TPSA) is 40.5 Å². The highest BCUT2D eigenvalue weighted by molar-refractivity contribution is 6.31. The third-order valence-corrected chi connectivity index (χ3v) is 2.52. The molecular formula is C11H13ClFNO2. The molecule has 1 aromatic carbocycles. The van der Waals surface area contributed by atoms with Gasteiger partial charge in [-0.05, 0) is 37.2 Å². The first-order chi connectivity index (χ1) is 7.40. The fourth-order valence-electron chi connectivity index (χ4n) is 1.39. The number of carbonyl (C=O) groups is 1. The van der Waals surface area contributed by atoms with Crippen LogP contribution in [0.5, 0.6) is 0 Å². The van der Waals surface area contributed by atoms with Gasteiger partial charge in [-0.2, -0.15) is 0 Å². The molecule has 1 rings (SSSR count). The van der Waals surface area contributed by atoms with Crippen molar-refractivity contribution in [2.45, 2.75) is 13.5 Å². The standard InChI is InChI=1S/C11H13ClFNO2/c1-7-3-9(12)8(4-10(7)13)5-14(2)6-11(15)16/h3-4H,5-6H2,1-2H3,(H,15,16). The molecule has 0 saturated heterocycles. The van der Waals surface area contributed by atoms with Crippen molar-refractivity contribution in [2.75, 3.05) is 13.6 Å². The van der Waals surface area contributed by atoms with Gasteiger partial charge in [0.25, 0.3) is 0 Å². The Hall–Kier alpha value is -1.13. The molecule has 5 heteroatoms. The Labute approximate surface area is 98.4 Å². The van der Waals surface area contributed by atoms with Crippen LogP contribution in [0.25, 0.3) is 0 Å². The van der Waals surface area contributed by atoms with Crippen molar-refractivity contribution >= 4 is 17.6 Å². The van der Waals surface area contributed by atoms with E-state index in [-0.39, 0.29) is 12.4 Å². The van der Waals surface area contributed by atoms with Gasteiger partial charge < -0.3 is 5.11 Å². The monoisotopic (exact) mass is 245 g/mol. The Balaban J connectivity index is 2.81. The molecule has 0 radical (unpaired) electrons. The molecule has 0 spiro atoms. The van der Waals surface area contributed by atoms with Crippen LogP contribution in [0.1, 0.15) is 11.1 Å². The van der Waals surface area contributed by atoms with Gasteiger partial charge in [0.15, 0.2) is 0 Å². The summed E-state index contributed by atoms with van der Waals surface area (Å²) >= 11 is 5.94. The predicted octanol–water partition coefficient (Wildman–Crippen LogP) is 2.30. The number of hydrogen-bond acceptors (Lipinski definition) is 2. The Kier molecular flexibility index (Phi) is 4.26. The number of rotatable bonds is 4. The van der Waals surface area contributed by atoms with E-state index in [1.165, 1.54) is 6.07 Å². The van der Waals surface area contributed by atoms with Crippen LogP contribution >= 0.6 is 11.6 Å². The summed E-state index contributed by atoms with van der Waals surface area (Å²) in [7, 11) is 1.64. The minimum atomic E-state index is -0.925. The zero-order chi connectivity index (χ0) is 12.3. The number of carboxylic acid groups (broad SMARTS) is 1. The number of hydrogen-bond donors (Lipinski definition) is 1. The Bertz CT molecular complexity index is 409. The third-order valence-electron chi connectivity index (χ3n) is 2.17. The quantitative estimate of drug-likeness (QED) is 0.885. The van der Waals surface area contributed by atoms with Crippen molar-refractivity contribution in [3.63, 3.8) is 0 Å². The molecule has 88 valence electrons. The van der Waals surface area contributed by atoms with Crippen LogP contribution < -0.4 is 0 Å². The second-order valence-corrected chi connectivity index (χ2v) is 4.17. The minimum Gasteiger partial charge on any atom is -0.480 e. The molecule has 0 aliphatic rings. The van der Waals surface area contributed by atoms with E-state index in [0.29, 0.717) is 22.7 Å². The van der Waals surface area contributed by atoms with E-state index >= 15 is 0 Å². The van der Waals surface area contributed by atoms with Crippen molar-refractivity contribution in [3.05, 3.63) is 34.1 Å². The van der Waals surface area contributed by atoms with E-state index in [9.17, 15) is 9.18 Å². The Morgan fingerprint density at radius 3 is 2.75 bits per heavy atom. The fourth-order valence-corrected chi connectivity index (χ4v) is 1.66. The lowest BCUT2D eigenvalue weighted by atomic mass is 10.1. The average Bonchev–Trinajstić information content (AvgIpc) is 2.12. The Morgan fingerprint density at radius 1 is 1.56 bits per heavy atom. The maximum absolute atomic E-state index is 13.3. The molecule has 0 aliphatic heterocycles. The number of aliphatic carboxylic acids is 1. The molecule has 0 bridgehead atoms. The van der Waals surface area contributed by atoms with Crippen molar-refractivity contribution in [1.82, 2.24) is 4.90 Å². The summed E-state index contributed by atoms with van der Waals surface area (Å²) in [4.78, 5) is 12.0. The molecule has 16 heavy (non-hydrogen) atoms. The number of aryl methyl sites for hydroxylation is 1. The Morgan fingerprint density at radius 2 is 2.19 bits per heavy atom. The SMILES string of the molecule is Cc1cc(Cl)c(CN(C)CC(=O)O)cc1F. The van der Waals surface area contributed by atoms with E-state index in [0.717, 1.165) is 0 Å². The van der Waals surface area contributed by atoms with Crippen LogP contribution in [0.4, 0.5) is 4.39 Å². The van der Waals surface area contributed by atoms with Gasteiger partial charge in [0.05, 0.1) is 6.54 Å². The van der Waals surface area contributed by atoms with E-state index in [2.05, 4.69) is 0 Å². The number of carboxylic acids is 1. The third kappa shape index (κ3) is 3.47. The summed E-state index contributed by atoms with van der Waals surface area (Å²) in [6.07, 6.45) is 0. The van der Waals surface area contributed by atoms with Gasteiger partial charge >= 0.3 is 5.97 Å². The second-order valence-electron chi connectivity index (χ2n) is 3.76. The average molecular weight is 246 g/mol. The highest BCUT2D eigenvalue weighted by atomic mass is 35.5. The molecule has 1 N–H and O–H groups in total. The van der Waals surface area contributed by atoms with Crippen LogP contribution in [-0.4, -0.2) is 29.6 Å². The second kappa shape index (κ2) is 5.27. The maximum atomic E-state index is 13.3. The van der Waals surface area contributed by atoms with Crippen LogP contribution in [0.15, 0.2) is 12.1 Å². The van der Waals surface area contributed by atoms with Crippen LogP contribution in [0.3, 0.4) is 0 Å². The molecule has 0 aliphatic carbocycles. The first-order valence-corrected chi connectivity index (χ1v) is 5.13. The highest BCUT2D eigenvalue weighted by Gasteiger charge is 2.10. The highest BCUT2D eigenvalue weighted by Crippen LogP contribution is 2.21. The molecular weight excluding hydrogens is 233 g/mol. The van der Waals surface area contributed by atoms with Gasteiger partial charge in [-0.25, -0.2) is 4.39 Å². The molecule has 3 nitrogen and oxygen atoms in total. The number of benzene rings is 1. The van der Waals surface area contributed by atoms with Gasteiger partial charge in [0.1, 0.15) is 5.82 Å². The van der Waals surface area contributed by atoms with Crippen molar-refractivity contribution in [2.24, 2.45) is 0 Å². The first-order valence-electron chi connectivity index (χ1n) is 4.75. The summed E-state index contributed by atoms with van der Waals surface area (Å²) in [5.74, 6) is -1.26. The molecule has 0 atom stereocenters. The van der Waals surface area contributed by atoms with Crippen molar-refractivity contribution < 1.29 is 14.3 Å². The van der Waals surface area contributed by atoms with E-state index in [1.807, 2.05) is 0 Å². The summed E-state index contributed by atoms with van der Waals surface area (Å²) in [5, 5.41) is 9.04. The summed E-state index contributed by atoms with van der Waals surface area (Å²) < 4.78 is 13.3. The van der Waals surface area contributed by atoms with Gasteiger partial charge in [-0.3, -0.25) is 9.69 Å². The van der Waals surface area contributed by atoms with Crippen LogP contribution in [-0.2, 0) is 11.3 Å². The molecule has 1 aromatic rings. The number of likely N-dealkylation sites (N-methyl/N-ethyl adjacent to an activating group) is 1. The van der Waals surface area contributed by atoms with Gasteiger partial charge in [-0.1, -0.05) is 11.6 Å². The molecule has 0 unspecified atom stereocenters. The molecule has 0 heterocycles. The maximum Gasteiger partial charge on any atom is 0.317 e. The number of halogens is 2. The van der Waals surface area contributed by atoms with Gasteiger partial charge in [-0.15, -0.1) is 0 Å². The summed E-state index contributed by atoms with van der Waals surface area (Å²) in [6, 6.07) is 2.89. The summed E-state index contributed by atoms with van der Waals surface area (Å²) in [6.45, 7) is 1.83. The van der Waals surface area contributed by atoms with Crippen molar-refractivity contribution in [3.8, 4) is 0 Å². The number of nitrogens with zero attached hydrogens (tertiary/aromatic N) is 1. The smallest absolute Gasteiger partial charge is 0.317 e. The lowest BCUT2D eigenvalue weighted by Crippen LogP contribution is -2.25.